The molecule has 0 N–H and O–H groups in total. The van der Waals surface area contributed by atoms with Crippen molar-refractivity contribution >= 4 is 0 Å². The van der Waals surface area contributed by atoms with E-state index in [0.29, 0.717) is 5.76 Å². The van der Waals surface area contributed by atoms with Gasteiger partial charge >= 0.3 is 6.01 Å². The Morgan fingerprint density at radius 2 is 2.33 bits per heavy atom. The van der Waals surface area contributed by atoms with E-state index in [1.54, 1.807) is 19.2 Å². The first-order valence-electron chi connectivity index (χ1n) is 4.34. The quantitative estimate of drug-likeness (QED) is 0.550. The van der Waals surface area contributed by atoms with Gasteiger partial charge in [0.2, 0.25) is 0 Å². The molecule has 0 aromatic carbocycles. The molecular formula is C11H12N2O2. The summed E-state index contributed by atoms with van der Waals surface area (Å²) < 4.78 is 6.65. The van der Waals surface area contributed by atoms with Crippen molar-refractivity contribution in [3.8, 4) is 6.01 Å². The van der Waals surface area contributed by atoms with Crippen LogP contribution in [0.3, 0.4) is 0 Å². The number of ether oxygens (including phenoxy) is 1. The molecule has 0 atom stereocenters. The van der Waals surface area contributed by atoms with Crippen LogP contribution < -0.4 is 10.3 Å². The van der Waals surface area contributed by atoms with Gasteiger partial charge in [0.05, 0.1) is 0 Å². The van der Waals surface area contributed by atoms with Crippen LogP contribution in [0, 0.1) is 0 Å². The number of allylic oxidation sites excluding steroid dienone is 3. The molecule has 0 unspecified atom stereocenters. The lowest BCUT2D eigenvalue weighted by Crippen LogP contribution is -2.18. The van der Waals surface area contributed by atoms with Crippen LogP contribution in [0.25, 0.3) is 0 Å². The zero-order valence-electron chi connectivity index (χ0n) is 8.51. The van der Waals surface area contributed by atoms with Gasteiger partial charge in [-0.25, -0.2) is 4.98 Å². The fraction of sp³-hybridized carbons (Fsp3) is 0.0909. The lowest BCUT2D eigenvalue weighted by molar-refractivity contribution is 0.382. The largest absolute Gasteiger partial charge is 0.425 e. The van der Waals surface area contributed by atoms with E-state index in [2.05, 4.69) is 18.1 Å². The van der Waals surface area contributed by atoms with E-state index in [-0.39, 0.29) is 11.6 Å². The summed E-state index contributed by atoms with van der Waals surface area (Å²) in [5.74, 6) is 0.485. The molecule has 0 saturated heterocycles. The van der Waals surface area contributed by atoms with Gasteiger partial charge in [-0.2, -0.15) is 0 Å². The van der Waals surface area contributed by atoms with E-state index in [9.17, 15) is 4.79 Å². The van der Waals surface area contributed by atoms with Crippen LogP contribution in [0.4, 0.5) is 0 Å². The molecule has 0 fully saturated rings. The Morgan fingerprint density at radius 3 is 2.93 bits per heavy atom. The predicted molar refractivity (Wildman–Crippen MR) is 58.6 cm³/mol. The first-order valence-corrected chi connectivity index (χ1v) is 4.34. The van der Waals surface area contributed by atoms with E-state index >= 15 is 0 Å². The van der Waals surface area contributed by atoms with Crippen LogP contribution in [0.2, 0.25) is 0 Å². The minimum Gasteiger partial charge on any atom is -0.425 e. The Hall–Kier alpha value is -2.10. The lowest BCUT2D eigenvalue weighted by Gasteiger charge is -2.07. The fourth-order valence-electron chi connectivity index (χ4n) is 0.918. The topological polar surface area (TPSA) is 44.1 Å². The summed E-state index contributed by atoms with van der Waals surface area (Å²) in [5, 5.41) is 0. The van der Waals surface area contributed by atoms with Crippen LogP contribution in [-0.2, 0) is 7.05 Å². The SMILES string of the molecule is C=C/C=C(\C=C)Oc1nccc(=O)n1C. The molecule has 4 heteroatoms. The third kappa shape index (κ3) is 2.67. The molecule has 0 radical (unpaired) electrons. The number of nitrogens with zero attached hydrogens (tertiary/aromatic N) is 2. The van der Waals surface area contributed by atoms with Crippen LogP contribution in [0.5, 0.6) is 6.01 Å². The third-order valence-electron chi connectivity index (χ3n) is 1.71. The number of hydrogen-bond donors (Lipinski definition) is 0. The molecule has 0 spiro atoms. The highest BCUT2D eigenvalue weighted by molar-refractivity contribution is 5.18. The average molecular weight is 204 g/mol. The molecule has 15 heavy (non-hydrogen) atoms. The van der Waals surface area contributed by atoms with Crippen molar-refractivity contribution in [3.05, 3.63) is 59.8 Å². The average Bonchev–Trinajstić information content (AvgIpc) is 2.24. The van der Waals surface area contributed by atoms with Crippen molar-refractivity contribution in [3.63, 3.8) is 0 Å². The Kier molecular flexibility index (Phi) is 3.62. The molecule has 1 rings (SSSR count). The van der Waals surface area contributed by atoms with Gasteiger partial charge in [0.1, 0.15) is 5.76 Å². The maximum atomic E-state index is 11.2. The molecule has 0 aliphatic heterocycles. The van der Waals surface area contributed by atoms with Crippen LogP contribution in [0.1, 0.15) is 0 Å². The Bertz CT molecular complexity index is 458. The van der Waals surface area contributed by atoms with E-state index in [1.165, 1.54) is 22.9 Å². The van der Waals surface area contributed by atoms with Crippen molar-refractivity contribution in [1.29, 1.82) is 0 Å². The third-order valence-corrected chi connectivity index (χ3v) is 1.71. The molecule has 0 aliphatic rings. The van der Waals surface area contributed by atoms with Gasteiger partial charge in [-0.05, 0) is 12.2 Å². The van der Waals surface area contributed by atoms with Gasteiger partial charge in [-0.15, -0.1) is 0 Å². The van der Waals surface area contributed by atoms with Crippen molar-refractivity contribution < 1.29 is 4.74 Å². The highest BCUT2D eigenvalue weighted by Gasteiger charge is 2.02. The molecule has 1 aromatic heterocycles. The maximum absolute atomic E-state index is 11.2. The van der Waals surface area contributed by atoms with Gasteiger partial charge < -0.3 is 4.74 Å². The summed E-state index contributed by atoms with van der Waals surface area (Å²) in [6, 6.07) is 1.58. The molecule has 0 bridgehead atoms. The summed E-state index contributed by atoms with van der Waals surface area (Å²) in [7, 11) is 1.58. The van der Waals surface area contributed by atoms with Gasteiger partial charge in [-0.1, -0.05) is 19.2 Å². The minimum absolute atomic E-state index is 0.179. The monoisotopic (exact) mass is 204 g/mol. The zero-order chi connectivity index (χ0) is 11.3. The first-order chi connectivity index (χ1) is 7.19. The molecule has 1 heterocycles. The second kappa shape index (κ2) is 4.95. The summed E-state index contributed by atoms with van der Waals surface area (Å²) in [6.07, 6.45) is 6.11. The second-order valence-electron chi connectivity index (χ2n) is 2.74. The van der Waals surface area contributed by atoms with Crippen LogP contribution in [0.15, 0.2) is 54.2 Å². The van der Waals surface area contributed by atoms with Gasteiger partial charge in [0.25, 0.3) is 5.56 Å². The van der Waals surface area contributed by atoms with Crippen molar-refractivity contribution in [1.82, 2.24) is 9.55 Å². The standard InChI is InChI=1S/C11H12N2O2/c1-4-6-9(5-2)15-11-12-8-7-10(14)13(11)3/h4-8H,1-2H2,3H3/b9-6+. The lowest BCUT2D eigenvalue weighted by atomic mass is 10.4. The van der Waals surface area contributed by atoms with Crippen LogP contribution >= 0.6 is 0 Å². The van der Waals surface area contributed by atoms with Gasteiger partial charge in [0.15, 0.2) is 0 Å². The number of hydrogen-bond acceptors (Lipinski definition) is 3. The maximum Gasteiger partial charge on any atom is 0.304 e. The Balaban J connectivity index is 3.03. The fourth-order valence-corrected chi connectivity index (χ4v) is 0.918. The first kappa shape index (κ1) is 11.0. The van der Waals surface area contributed by atoms with Crippen LogP contribution in [-0.4, -0.2) is 9.55 Å². The number of rotatable bonds is 4. The molecule has 0 saturated carbocycles. The normalized spacial score (nSPS) is 10.9. The van der Waals surface area contributed by atoms with Gasteiger partial charge in [0, 0.05) is 19.3 Å². The Labute approximate surface area is 87.8 Å². The van der Waals surface area contributed by atoms with E-state index < -0.39 is 0 Å². The second-order valence-corrected chi connectivity index (χ2v) is 2.74. The smallest absolute Gasteiger partial charge is 0.304 e. The molecule has 4 nitrogen and oxygen atoms in total. The summed E-state index contributed by atoms with van der Waals surface area (Å²) in [4.78, 5) is 15.2. The minimum atomic E-state index is -0.179. The van der Waals surface area contributed by atoms with Gasteiger partial charge in [-0.3, -0.25) is 9.36 Å². The highest BCUT2D eigenvalue weighted by Crippen LogP contribution is 2.07. The van der Waals surface area contributed by atoms with E-state index in [0.717, 1.165) is 0 Å². The van der Waals surface area contributed by atoms with Crippen molar-refractivity contribution in [2.75, 3.05) is 0 Å². The number of aromatic nitrogens is 2. The Morgan fingerprint density at radius 1 is 1.60 bits per heavy atom. The molecule has 78 valence electrons. The zero-order valence-corrected chi connectivity index (χ0v) is 8.51. The highest BCUT2D eigenvalue weighted by atomic mass is 16.5. The molecule has 0 amide bonds. The van der Waals surface area contributed by atoms with E-state index in [4.69, 9.17) is 4.74 Å². The summed E-state index contributed by atoms with van der Waals surface area (Å²) in [5.41, 5.74) is -0.179. The van der Waals surface area contributed by atoms with E-state index in [1.807, 2.05) is 0 Å². The predicted octanol–water partition coefficient (Wildman–Crippen LogP) is 1.41. The molecule has 1 aromatic rings. The molecular weight excluding hydrogens is 192 g/mol. The van der Waals surface area contributed by atoms with Crippen molar-refractivity contribution in [2.24, 2.45) is 7.05 Å². The molecule has 0 aliphatic carbocycles. The van der Waals surface area contributed by atoms with Crippen molar-refractivity contribution in [2.45, 2.75) is 0 Å². The summed E-state index contributed by atoms with van der Waals surface area (Å²) >= 11 is 0. The summed E-state index contributed by atoms with van der Waals surface area (Å²) in [6.45, 7) is 7.11.